The van der Waals surface area contributed by atoms with Crippen LogP contribution in [0.4, 0.5) is 5.69 Å². The molecule has 6 nitrogen and oxygen atoms in total. The van der Waals surface area contributed by atoms with E-state index in [0.29, 0.717) is 30.1 Å². The van der Waals surface area contributed by atoms with Gasteiger partial charge in [0.05, 0.1) is 30.4 Å². The van der Waals surface area contributed by atoms with Gasteiger partial charge in [-0.1, -0.05) is 0 Å². The molecule has 1 aromatic heterocycles. The van der Waals surface area contributed by atoms with E-state index in [1.165, 1.54) is 0 Å². The maximum atomic E-state index is 12.3. The summed E-state index contributed by atoms with van der Waals surface area (Å²) in [5.41, 5.74) is 1.15. The predicted molar refractivity (Wildman–Crippen MR) is 82.0 cm³/mol. The fourth-order valence-electron chi connectivity index (χ4n) is 2.56. The molecule has 0 aliphatic carbocycles. The summed E-state index contributed by atoms with van der Waals surface area (Å²) >= 11 is 0. The smallest absolute Gasteiger partial charge is 0.229 e. The highest BCUT2D eigenvalue weighted by Crippen LogP contribution is 2.22. The van der Waals surface area contributed by atoms with Crippen LogP contribution < -0.4 is 5.32 Å². The van der Waals surface area contributed by atoms with Crippen molar-refractivity contribution in [3.63, 3.8) is 0 Å². The van der Waals surface area contributed by atoms with E-state index in [9.17, 15) is 9.59 Å². The Bertz CT molecular complexity index is 744. The van der Waals surface area contributed by atoms with Gasteiger partial charge in [0, 0.05) is 18.7 Å². The molecule has 23 heavy (non-hydrogen) atoms. The third-order valence-corrected chi connectivity index (χ3v) is 3.79. The van der Waals surface area contributed by atoms with Gasteiger partial charge in [-0.25, -0.2) is 0 Å². The Morgan fingerprint density at radius 2 is 2.13 bits per heavy atom. The summed E-state index contributed by atoms with van der Waals surface area (Å²) in [6.45, 7) is 0.758. The van der Waals surface area contributed by atoms with Gasteiger partial charge in [-0.3, -0.25) is 9.59 Å². The van der Waals surface area contributed by atoms with Gasteiger partial charge in [-0.15, -0.1) is 0 Å². The lowest BCUT2D eigenvalue weighted by Gasteiger charge is -2.15. The van der Waals surface area contributed by atoms with Crippen LogP contribution in [0.25, 0.3) is 0 Å². The van der Waals surface area contributed by atoms with Crippen molar-refractivity contribution in [2.75, 3.05) is 11.9 Å². The second-order valence-corrected chi connectivity index (χ2v) is 5.43. The van der Waals surface area contributed by atoms with Crippen LogP contribution >= 0.6 is 0 Å². The highest BCUT2D eigenvalue weighted by molar-refractivity contribution is 5.97. The molecular weight excluding hydrogens is 294 g/mol. The van der Waals surface area contributed by atoms with Crippen molar-refractivity contribution in [1.29, 1.82) is 5.26 Å². The van der Waals surface area contributed by atoms with Crippen molar-refractivity contribution in [3.05, 3.63) is 54.0 Å². The van der Waals surface area contributed by atoms with Crippen molar-refractivity contribution in [3.8, 4) is 6.07 Å². The first-order valence-corrected chi connectivity index (χ1v) is 7.27. The SMILES string of the molecule is N#Cc1ccc(NC(=O)C2CC(=O)N(Cc3ccco3)C2)cc1. The fraction of sp³-hybridized carbons (Fsp3) is 0.235. The summed E-state index contributed by atoms with van der Waals surface area (Å²) in [7, 11) is 0. The van der Waals surface area contributed by atoms with Crippen molar-refractivity contribution in [1.82, 2.24) is 4.90 Å². The predicted octanol–water partition coefficient (Wildman–Crippen LogP) is 2.14. The van der Waals surface area contributed by atoms with E-state index < -0.39 is 0 Å². The van der Waals surface area contributed by atoms with Crippen LogP contribution in [0.3, 0.4) is 0 Å². The van der Waals surface area contributed by atoms with Gasteiger partial charge in [-0.05, 0) is 36.4 Å². The first-order valence-electron chi connectivity index (χ1n) is 7.27. The van der Waals surface area contributed by atoms with Gasteiger partial charge in [0.1, 0.15) is 5.76 Å². The molecule has 1 atom stereocenters. The first-order chi connectivity index (χ1) is 11.2. The standard InChI is InChI=1S/C17H15N3O3/c18-9-12-3-5-14(6-4-12)19-17(22)13-8-16(21)20(10-13)11-15-2-1-7-23-15/h1-7,13H,8,10-11H2,(H,19,22). The summed E-state index contributed by atoms with van der Waals surface area (Å²) in [4.78, 5) is 25.9. The summed E-state index contributed by atoms with van der Waals surface area (Å²) in [5, 5.41) is 11.5. The first kappa shape index (κ1) is 14.9. The van der Waals surface area contributed by atoms with Crippen LogP contribution in [0.15, 0.2) is 47.1 Å². The number of rotatable bonds is 4. The molecule has 1 N–H and O–H groups in total. The number of hydrogen-bond donors (Lipinski definition) is 1. The summed E-state index contributed by atoms with van der Waals surface area (Å²) in [6, 6.07) is 12.2. The van der Waals surface area contributed by atoms with Gasteiger partial charge in [0.15, 0.2) is 0 Å². The molecule has 0 radical (unpaired) electrons. The van der Waals surface area contributed by atoms with Crippen molar-refractivity contribution < 1.29 is 14.0 Å². The van der Waals surface area contributed by atoms with E-state index in [2.05, 4.69) is 5.32 Å². The number of furan rings is 1. The lowest BCUT2D eigenvalue weighted by Crippen LogP contribution is -2.27. The van der Waals surface area contributed by atoms with Gasteiger partial charge in [0.25, 0.3) is 0 Å². The fourth-order valence-corrected chi connectivity index (χ4v) is 2.56. The average Bonchev–Trinajstić information content (AvgIpc) is 3.19. The van der Waals surface area contributed by atoms with E-state index in [0.717, 1.165) is 0 Å². The lowest BCUT2D eigenvalue weighted by atomic mass is 10.1. The van der Waals surface area contributed by atoms with Gasteiger partial charge in [0.2, 0.25) is 11.8 Å². The number of carbonyl (C=O) groups excluding carboxylic acids is 2. The zero-order valence-corrected chi connectivity index (χ0v) is 12.4. The molecule has 0 saturated carbocycles. The number of nitriles is 1. The number of anilines is 1. The molecule has 3 rings (SSSR count). The van der Waals surface area contributed by atoms with E-state index in [4.69, 9.17) is 9.68 Å². The zero-order chi connectivity index (χ0) is 16.2. The normalized spacial score (nSPS) is 17.1. The van der Waals surface area contributed by atoms with Gasteiger partial charge in [-0.2, -0.15) is 5.26 Å². The van der Waals surface area contributed by atoms with Crippen LogP contribution in [0.5, 0.6) is 0 Å². The zero-order valence-electron chi connectivity index (χ0n) is 12.4. The molecule has 116 valence electrons. The molecule has 1 aliphatic rings. The molecule has 6 heteroatoms. The maximum Gasteiger partial charge on any atom is 0.229 e. The summed E-state index contributed by atoms with van der Waals surface area (Å²) in [6.07, 6.45) is 1.76. The Labute approximate surface area is 133 Å². The third kappa shape index (κ3) is 3.40. The highest BCUT2D eigenvalue weighted by atomic mass is 16.3. The number of likely N-dealkylation sites (tertiary alicyclic amines) is 1. The van der Waals surface area contributed by atoms with E-state index in [1.54, 1.807) is 47.6 Å². The van der Waals surface area contributed by atoms with E-state index in [1.807, 2.05) is 6.07 Å². The summed E-state index contributed by atoms with van der Waals surface area (Å²) < 4.78 is 5.24. The molecule has 1 fully saturated rings. The van der Waals surface area contributed by atoms with Gasteiger partial charge < -0.3 is 14.6 Å². The van der Waals surface area contributed by atoms with Crippen molar-refractivity contribution in [2.24, 2.45) is 5.92 Å². The quantitative estimate of drug-likeness (QED) is 0.937. The number of hydrogen-bond acceptors (Lipinski definition) is 4. The molecule has 2 amide bonds. The Hall–Kier alpha value is -3.07. The third-order valence-electron chi connectivity index (χ3n) is 3.79. The van der Waals surface area contributed by atoms with Crippen LogP contribution in [-0.2, 0) is 16.1 Å². The number of nitrogens with zero attached hydrogens (tertiary/aromatic N) is 2. The molecular formula is C17H15N3O3. The number of carbonyl (C=O) groups is 2. The van der Waals surface area contributed by atoms with E-state index in [-0.39, 0.29) is 24.2 Å². The lowest BCUT2D eigenvalue weighted by molar-refractivity contribution is -0.128. The van der Waals surface area contributed by atoms with E-state index >= 15 is 0 Å². The number of nitrogens with one attached hydrogen (secondary N) is 1. The van der Waals surface area contributed by atoms with Crippen LogP contribution in [0.1, 0.15) is 17.7 Å². The van der Waals surface area contributed by atoms with Crippen molar-refractivity contribution in [2.45, 2.75) is 13.0 Å². The minimum atomic E-state index is -0.381. The maximum absolute atomic E-state index is 12.3. The highest BCUT2D eigenvalue weighted by Gasteiger charge is 2.34. The Kier molecular flexibility index (Phi) is 4.11. The number of benzene rings is 1. The molecule has 2 aromatic rings. The molecule has 1 saturated heterocycles. The summed E-state index contributed by atoms with van der Waals surface area (Å²) in [5.74, 6) is 0.0750. The monoisotopic (exact) mass is 309 g/mol. The number of amides is 2. The molecule has 0 spiro atoms. The Morgan fingerprint density at radius 1 is 1.35 bits per heavy atom. The second kappa shape index (κ2) is 6.36. The molecule has 1 aromatic carbocycles. The molecule has 0 bridgehead atoms. The Morgan fingerprint density at radius 3 is 2.78 bits per heavy atom. The molecule has 1 aliphatic heterocycles. The van der Waals surface area contributed by atoms with Crippen LogP contribution in [-0.4, -0.2) is 23.3 Å². The topological polar surface area (TPSA) is 86.3 Å². The molecule has 2 heterocycles. The van der Waals surface area contributed by atoms with Crippen LogP contribution in [0, 0.1) is 17.2 Å². The minimum Gasteiger partial charge on any atom is -0.467 e. The van der Waals surface area contributed by atoms with Gasteiger partial charge >= 0.3 is 0 Å². The van der Waals surface area contributed by atoms with Crippen molar-refractivity contribution >= 4 is 17.5 Å². The van der Waals surface area contributed by atoms with Crippen LogP contribution in [0.2, 0.25) is 0 Å². The average molecular weight is 309 g/mol. The second-order valence-electron chi connectivity index (χ2n) is 5.43. The minimum absolute atomic E-state index is 0.0543. The Balaban J connectivity index is 1.59. The molecule has 1 unspecified atom stereocenters. The largest absolute Gasteiger partial charge is 0.467 e.